The second-order valence-electron chi connectivity index (χ2n) is 3.08. The Labute approximate surface area is 68.2 Å². The monoisotopic (exact) mass is 165 g/mol. The van der Waals surface area contributed by atoms with E-state index in [9.17, 15) is 0 Å². The molecule has 0 aromatic rings. The fourth-order valence-corrected chi connectivity index (χ4v) is 1.41. The van der Waals surface area contributed by atoms with E-state index in [1.165, 1.54) is 19.3 Å². The summed E-state index contributed by atoms with van der Waals surface area (Å²) in [5, 5.41) is 8.83. The maximum Gasteiger partial charge on any atom is 0.0611 e. The van der Waals surface area contributed by atoms with E-state index in [1.807, 2.05) is 0 Å². The van der Waals surface area contributed by atoms with Gasteiger partial charge in [-0.2, -0.15) is 0 Å². The van der Waals surface area contributed by atoms with Crippen molar-refractivity contribution in [3.05, 3.63) is 0 Å². The third-order valence-electron chi connectivity index (χ3n) is 2.16. The second-order valence-corrected chi connectivity index (χ2v) is 3.08. The standard InChI is InChI=1S/C7H15NO.ClH/c8-7(6-9)4-2-1-3-5-7;/h9H,1-6,8H2;1H. The molecule has 0 atom stereocenters. The van der Waals surface area contributed by atoms with E-state index in [0.717, 1.165) is 12.8 Å². The van der Waals surface area contributed by atoms with Crippen molar-refractivity contribution in [2.24, 2.45) is 5.73 Å². The molecule has 62 valence electrons. The zero-order valence-electron chi connectivity index (χ0n) is 6.18. The molecule has 2 nitrogen and oxygen atoms in total. The highest BCUT2D eigenvalue weighted by Crippen LogP contribution is 2.24. The molecule has 10 heavy (non-hydrogen) atoms. The lowest BCUT2D eigenvalue weighted by Gasteiger charge is -2.30. The van der Waals surface area contributed by atoms with Crippen LogP contribution >= 0.6 is 12.4 Å². The first kappa shape index (κ1) is 10.2. The largest absolute Gasteiger partial charge is 0.394 e. The minimum atomic E-state index is -0.224. The Bertz CT molecular complexity index is 91.6. The van der Waals surface area contributed by atoms with Crippen molar-refractivity contribution in [3.63, 3.8) is 0 Å². The SMILES string of the molecule is Cl.NC1(CO)CCCCC1. The number of hydrogen-bond acceptors (Lipinski definition) is 2. The molecule has 0 aliphatic heterocycles. The number of halogens is 1. The van der Waals surface area contributed by atoms with Crippen LogP contribution in [0.25, 0.3) is 0 Å². The van der Waals surface area contributed by atoms with Crippen LogP contribution in [0.3, 0.4) is 0 Å². The number of rotatable bonds is 1. The molecule has 1 saturated carbocycles. The molecule has 0 aromatic carbocycles. The molecule has 0 aromatic heterocycles. The van der Waals surface area contributed by atoms with Crippen molar-refractivity contribution in [2.75, 3.05) is 6.61 Å². The van der Waals surface area contributed by atoms with Crippen LogP contribution in [-0.2, 0) is 0 Å². The van der Waals surface area contributed by atoms with E-state index in [2.05, 4.69) is 0 Å². The van der Waals surface area contributed by atoms with Gasteiger partial charge in [-0.1, -0.05) is 19.3 Å². The van der Waals surface area contributed by atoms with Gasteiger partial charge in [0.15, 0.2) is 0 Å². The van der Waals surface area contributed by atoms with Crippen LogP contribution in [0.1, 0.15) is 32.1 Å². The lowest BCUT2D eigenvalue weighted by molar-refractivity contribution is 0.157. The van der Waals surface area contributed by atoms with E-state index in [4.69, 9.17) is 10.8 Å². The maximum absolute atomic E-state index is 8.83. The maximum atomic E-state index is 8.83. The van der Waals surface area contributed by atoms with Crippen LogP contribution in [0.15, 0.2) is 0 Å². The number of hydrogen-bond donors (Lipinski definition) is 2. The summed E-state index contributed by atoms with van der Waals surface area (Å²) in [4.78, 5) is 0. The molecule has 0 bridgehead atoms. The van der Waals surface area contributed by atoms with Crippen LogP contribution in [0.5, 0.6) is 0 Å². The first-order valence-electron chi connectivity index (χ1n) is 3.67. The predicted octanol–water partition coefficient (Wildman–Crippen LogP) is 1.06. The van der Waals surface area contributed by atoms with Gasteiger partial charge >= 0.3 is 0 Å². The lowest BCUT2D eigenvalue weighted by Crippen LogP contribution is -2.45. The number of aliphatic hydroxyl groups is 1. The zero-order valence-corrected chi connectivity index (χ0v) is 6.99. The van der Waals surface area contributed by atoms with Crippen molar-refractivity contribution in [1.82, 2.24) is 0 Å². The Morgan fingerprint density at radius 2 is 1.70 bits per heavy atom. The number of nitrogens with two attached hydrogens (primary N) is 1. The summed E-state index contributed by atoms with van der Waals surface area (Å²) in [7, 11) is 0. The van der Waals surface area contributed by atoms with Gasteiger partial charge in [-0.15, -0.1) is 12.4 Å². The molecule has 1 rings (SSSR count). The van der Waals surface area contributed by atoms with Crippen molar-refractivity contribution in [2.45, 2.75) is 37.6 Å². The smallest absolute Gasteiger partial charge is 0.0611 e. The average molecular weight is 166 g/mol. The molecule has 0 saturated heterocycles. The minimum Gasteiger partial charge on any atom is -0.394 e. The van der Waals surface area contributed by atoms with Crippen LogP contribution in [0.4, 0.5) is 0 Å². The van der Waals surface area contributed by atoms with Gasteiger partial charge in [-0.25, -0.2) is 0 Å². The molecular formula is C7H16ClNO. The van der Waals surface area contributed by atoms with Gasteiger partial charge in [0.1, 0.15) is 0 Å². The van der Waals surface area contributed by atoms with E-state index in [-0.39, 0.29) is 24.6 Å². The Kier molecular flexibility index (Phi) is 4.25. The predicted molar refractivity (Wildman–Crippen MR) is 44.3 cm³/mol. The van der Waals surface area contributed by atoms with Gasteiger partial charge in [-0.05, 0) is 12.8 Å². The molecule has 0 unspecified atom stereocenters. The lowest BCUT2D eigenvalue weighted by atomic mass is 9.83. The summed E-state index contributed by atoms with van der Waals surface area (Å²) in [5.41, 5.74) is 5.58. The third kappa shape index (κ3) is 2.45. The van der Waals surface area contributed by atoms with E-state index >= 15 is 0 Å². The van der Waals surface area contributed by atoms with Gasteiger partial charge < -0.3 is 10.8 Å². The fraction of sp³-hybridized carbons (Fsp3) is 1.00. The second kappa shape index (κ2) is 4.16. The van der Waals surface area contributed by atoms with Gasteiger partial charge in [0.05, 0.1) is 6.61 Å². The fourth-order valence-electron chi connectivity index (χ4n) is 1.41. The normalized spacial score (nSPS) is 23.4. The van der Waals surface area contributed by atoms with Gasteiger partial charge in [0.2, 0.25) is 0 Å². The molecule has 0 amide bonds. The first-order chi connectivity index (χ1) is 4.27. The van der Waals surface area contributed by atoms with Crippen molar-refractivity contribution in [3.8, 4) is 0 Å². The average Bonchev–Trinajstić information content (AvgIpc) is 1.90. The molecule has 1 aliphatic rings. The van der Waals surface area contributed by atoms with Crippen LogP contribution in [0, 0.1) is 0 Å². The minimum absolute atomic E-state index is 0. The molecule has 3 heteroatoms. The first-order valence-corrected chi connectivity index (χ1v) is 3.67. The van der Waals surface area contributed by atoms with Crippen LogP contribution in [0.2, 0.25) is 0 Å². The van der Waals surface area contributed by atoms with E-state index in [1.54, 1.807) is 0 Å². The summed E-state index contributed by atoms with van der Waals surface area (Å²) in [6, 6.07) is 0. The Hall–Kier alpha value is 0.210. The van der Waals surface area contributed by atoms with Crippen LogP contribution in [-0.4, -0.2) is 17.3 Å². The third-order valence-corrected chi connectivity index (χ3v) is 2.16. The molecular weight excluding hydrogens is 150 g/mol. The molecule has 0 heterocycles. The summed E-state index contributed by atoms with van der Waals surface area (Å²) in [6.07, 6.45) is 5.68. The summed E-state index contributed by atoms with van der Waals surface area (Å²) in [5.74, 6) is 0. The quantitative estimate of drug-likeness (QED) is 0.611. The highest BCUT2D eigenvalue weighted by molar-refractivity contribution is 5.85. The van der Waals surface area contributed by atoms with Crippen LogP contribution < -0.4 is 5.73 Å². The van der Waals surface area contributed by atoms with E-state index in [0.29, 0.717) is 0 Å². The summed E-state index contributed by atoms with van der Waals surface area (Å²) in [6.45, 7) is 0.160. The molecule has 1 fully saturated rings. The van der Waals surface area contributed by atoms with Crippen molar-refractivity contribution < 1.29 is 5.11 Å². The molecule has 1 aliphatic carbocycles. The Morgan fingerprint density at radius 3 is 2.00 bits per heavy atom. The zero-order chi connectivity index (χ0) is 6.74. The summed E-state index contributed by atoms with van der Waals surface area (Å²) < 4.78 is 0. The van der Waals surface area contributed by atoms with Gasteiger partial charge in [0.25, 0.3) is 0 Å². The van der Waals surface area contributed by atoms with Gasteiger partial charge in [-0.3, -0.25) is 0 Å². The van der Waals surface area contributed by atoms with Crippen molar-refractivity contribution in [1.29, 1.82) is 0 Å². The highest BCUT2D eigenvalue weighted by Gasteiger charge is 2.25. The topological polar surface area (TPSA) is 46.2 Å². The Morgan fingerprint density at radius 1 is 1.20 bits per heavy atom. The number of aliphatic hydroxyl groups excluding tert-OH is 1. The van der Waals surface area contributed by atoms with Crippen molar-refractivity contribution >= 4 is 12.4 Å². The molecule has 0 radical (unpaired) electrons. The molecule has 3 N–H and O–H groups in total. The van der Waals surface area contributed by atoms with Gasteiger partial charge in [0, 0.05) is 5.54 Å². The summed E-state index contributed by atoms with van der Waals surface area (Å²) >= 11 is 0. The molecule has 0 spiro atoms. The Balaban J connectivity index is 0.000000810. The highest BCUT2D eigenvalue weighted by atomic mass is 35.5. The van der Waals surface area contributed by atoms with E-state index < -0.39 is 0 Å².